The molecule has 7 heteroatoms. The Morgan fingerprint density at radius 3 is 2.58 bits per heavy atom. The number of hydrogen-bond acceptors (Lipinski definition) is 4. The Balaban J connectivity index is 1.16. The molecule has 0 saturated carbocycles. The van der Waals surface area contributed by atoms with Gasteiger partial charge in [0.15, 0.2) is 0 Å². The highest BCUT2D eigenvalue weighted by atomic mass is 16.2. The summed E-state index contributed by atoms with van der Waals surface area (Å²) in [4.78, 5) is 32.0. The number of pyridine rings is 1. The minimum atomic E-state index is -0.156. The number of amides is 2. The molecule has 2 N–H and O–H groups in total. The standard InChI is InChI=1S/C26H33N5O2/c1-19-8-7-15-31-24(20(2)28-25(19)31)26(33)27-14-6-11-23(32)29-22-12-16-30(17-13-22)18-21-9-4-3-5-10-21/h3-5,7-10,15,22H,6,11-14,16-18H2,1-2H3,(H,27,33)(H,29,32). The lowest BCUT2D eigenvalue weighted by atomic mass is 10.0. The number of carbonyl (C=O) groups is 2. The smallest absolute Gasteiger partial charge is 0.270 e. The largest absolute Gasteiger partial charge is 0.353 e. The van der Waals surface area contributed by atoms with Gasteiger partial charge in [0.2, 0.25) is 5.91 Å². The third-order valence-electron chi connectivity index (χ3n) is 6.30. The second kappa shape index (κ2) is 10.6. The molecule has 0 spiro atoms. The highest BCUT2D eigenvalue weighted by molar-refractivity contribution is 5.94. The van der Waals surface area contributed by atoms with Crippen LogP contribution in [0.4, 0.5) is 0 Å². The summed E-state index contributed by atoms with van der Waals surface area (Å²) in [6.07, 6.45) is 4.83. The van der Waals surface area contributed by atoms with Crippen LogP contribution in [0.15, 0.2) is 48.7 Å². The van der Waals surface area contributed by atoms with Crippen LogP contribution in [0.5, 0.6) is 0 Å². The predicted molar refractivity (Wildman–Crippen MR) is 129 cm³/mol. The van der Waals surface area contributed by atoms with Crippen LogP contribution in [-0.2, 0) is 11.3 Å². The third-order valence-corrected chi connectivity index (χ3v) is 6.30. The summed E-state index contributed by atoms with van der Waals surface area (Å²) in [7, 11) is 0. The van der Waals surface area contributed by atoms with Gasteiger partial charge in [0.05, 0.1) is 5.69 Å². The van der Waals surface area contributed by atoms with Crippen LogP contribution in [0.25, 0.3) is 5.65 Å². The zero-order chi connectivity index (χ0) is 23.2. The number of aryl methyl sites for hydroxylation is 2. The van der Waals surface area contributed by atoms with Gasteiger partial charge in [-0.1, -0.05) is 36.4 Å². The van der Waals surface area contributed by atoms with Gasteiger partial charge in [-0.3, -0.25) is 18.9 Å². The van der Waals surface area contributed by atoms with E-state index in [-0.39, 0.29) is 17.9 Å². The molecule has 2 aromatic heterocycles. The fourth-order valence-electron chi connectivity index (χ4n) is 4.50. The van der Waals surface area contributed by atoms with E-state index < -0.39 is 0 Å². The van der Waals surface area contributed by atoms with E-state index in [1.807, 2.05) is 42.6 Å². The van der Waals surface area contributed by atoms with Crippen molar-refractivity contribution >= 4 is 17.5 Å². The minimum Gasteiger partial charge on any atom is -0.353 e. The zero-order valence-electron chi connectivity index (χ0n) is 19.5. The first-order chi connectivity index (χ1) is 16.0. The second-order valence-electron chi connectivity index (χ2n) is 8.89. The van der Waals surface area contributed by atoms with Gasteiger partial charge in [-0.2, -0.15) is 0 Å². The van der Waals surface area contributed by atoms with Crippen LogP contribution in [0.2, 0.25) is 0 Å². The van der Waals surface area contributed by atoms with Crippen LogP contribution in [0, 0.1) is 13.8 Å². The van der Waals surface area contributed by atoms with Crippen LogP contribution >= 0.6 is 0 Å². The molecule has 3 heterocycles. The van der Waals surface area contributed by atoms with E-state index in [1.54, 1.807) is 0 Å². The Bertz CT molecular complexity index is 1100. The molecule has 174 valence electrons. The monoisotopic (exact) mass is 447 g/mol. The van der Waals surface area contributed by atoms with E-state index in [0.29, 0.717) is 30.8 Å². The fourth-order valence-corrected chi connectivity index (χ4v) is 4.50. The van der Waals surface area contributed by atoms with Gasteiger partial charge < -0.3 is 10.6 Å². The number of fused-ring (bicyclic) bond motifs is 1. The first-order valence-corrected chi connectivity index (χ1v) is 11.8. The summed E-state index contributed by atoms with van der Waals surface area (Å²) in [5.41, 5.74) is 4.42. The molecule has 3 aromatic rings. The van der Waals surface area contributed by atoms with E-state index in [1.165, 1.54) is 5.56 Å². The average Bonchev–Trinajstić information content (AvgIpc) is 3.16. The van der Waals surface area contributed by atoms with E-state index in [0.717, 1.165) is 43.7 Å². The molecule has 2 amide bonds. The van der Waals surface area contributed by atoms with Gasteiger partial charge in [-0.15, -0.1) is 0 Å². The zero-order valence-corrected chi connectivity index (χ0v) is 19.5. The first kappa shape index (κ1) is 23.0. The lowest BCUT2D eigenvalue weighted by Crippen LogP contribution is -2.44. The van der Waals surface area contributed by atoms with Crippen molar-refractivity contribution in [1.82, 2.24) is 24.9 Å². The van der Waals surface area contributed by atoms with Gasteiger partial charge in [0, 0.05) is 44.8 Å². The maximum Gasteiger partial charge on any atom is 0.270 e. The molecule has 0 aliphatic carbocycles. The van der Waals surface area contributed by atoms with Crippen LogP contribution < -0.4 is 10.6 Å². The summed E-state index contributed by atoms with van der Waals surface area (Å²) in [6.45, 7) is 7.24. The molecule has 0 atom stereocenters. The van der Waals surface area contributed by atoms with Gasteiger partial charge in [-0.05, 0) is 50.3 Å². The Labute approximate surface area is 195 Å². The number of carbonyl (C=O) groups excluding carboxylic acids is 2. The number of imidazole rings is 1. The third kappa shape index (κ3) is 5.79. The van der Waals surface area contributed by atoms with Crippen molar-refractivity contribution in [3.05, 3.63) is 71.2 Å². The Morgan fingerprint density at radius 1 is 1.06 bits per heavy atom. The molecule has 0 bridgehead atoms. The van der Waals surface area contributed by atoms with Gasteiger partial charge in [0.1, 0.15) is 11.3 Å². The number of rotatable bonds is 8. The molecular weight excluding hydrogens is 414 g/mol. The van der Waals surface area contributed by atoms with Crippen LogP contribution in [0.1, 0.15) is 53.0 Å². The summed E-state index contributed by atoms with van der Waals surface area (Å²) in [5.74, 6) is -0.0934. The molecule has 1 aliphatic rings. The van der Waals surface area contributed by atoms with E-state index >= 15 is 0 Å². The first-order valence-electron chi connectivity index (χ1n) is 11.8. The van der Waals surface area contributed by atoms with Crippen molar-refractivity contribution in [2.45, 2.75) is 52.1 Å². The summed E-state index contributed by atoms with van der Waals surface area (Å²) >= 11 is 0. The SMILES string of the molecule is Cc1nc2c(C)cccn2c1C(=O)NCCCC(=O)NC1CCN(Cc2ccccc2)CC1. The van der Waals surface area contributed by atoms with Crippen molar-refractivity contribution in [3.63, 3.8) is 0 Å². The number of piperidine rings is 1. The van der Waals surface area contributed by atoms with Crippen molar-refractivity contribution in [1.29, 1.82) is 0 Å². The molecule has 0 radical (unpaired) electrons. The molecule has 1 saturated heterocycles. The Morgan fingerprint density at radius 2 is 1.82 bits per heavy atom. The maximum absolute atomic E-state index is 12.7. The minimum absolute atomic E-state index is 0.0624. The highest BCUT2D eigenvalue weighted by Crippen LogP contribution is 2.16. The van der Waals surface area contributed by atoms with Crippen LogP contribution in [0.3, 0.4) is 0 Å². The number of benzene rings is 1. The van der Waals surface area contributed by atoms with Gasteiger partial charge in [0.25, 0.3) is 5.91 Å². The van der Waals surface area contributed by atoms with Crippen molar-refractivity contribution in [2.75, 3.05) is 19.6 Å². The molecule has 33 heavy (non-hydrogen) atoms. The quantitative estimate of drug-likeness (QED) is 0.520. The Hall–Kier alpha value is -3.19. The topological polar surface area (TPSA) is 78.7 Å². The number of nitrogens with zero attached hydrogens (tertiary/aromatic N) is 3. The average molecular weight is 448 g/mol. The van der Waals surface area contributed by atoms with Crippen molar-refractivity contribution in [3.8, 4) is 0 Å². The second-order valence-corrected chi connectivity index (χ2v) is 8.89. The number of aromatic nitrogens is 2. The molecule has 4 rings (SSSR count). The summed E-state index contributed by atoms with van der Waals surface area (Å²) in [5, 5.41) is 6.11. The molecule has 1 aliphatic heterocycles. The van der Waals surface area contributed by atoms with Gasteiger partial charge in [-0.25, -0.2) is 4.98 Å². The molecule has 1 fully saturated rings. The highest BCUT2D eigenvalue weighted by Gasteiger charge is 2.21. The lowest BCUT2D eigenvalue weighted by Gasteiger charge is -2.32. The predicted octanol–water partition coefficient (Wildman–Crippen LogP) is 3.24. The maximum atomic E-state index is 12.7. The van der Waals surface area contributed by atoms with E-state index in [4.69, 9.17) is 0 Å². The van der Waals surface area contributed by atoms with Crippen molar-refractivity contribution < 1.29 is 9.59 Å². The number of nitrogens with one attached hydrogen (secondary N) is 2. The Kier molecular flexibility index (Phi) is 7.40. The van der Waals surface area contributed by atoms with E-state index in [2.05, 4.69) is 44.8 Å². The molecule has 0 unspecified atom stereocenters. The molecule has 1 aromatic carbocycles. The van der Waals surface area contributed by atoms with Gasteiger partial charge >= 0.3 is 0 Å². The van der Waals surface area contributed by atoms with E-state index in [9.17, 15) is 9.59 Å². The molecular formula is C26H33N5O2. The fraction of sp³-hybridized carbons (Fsp3) is 0.423. The lowest BCUT2D eigenvalue weighted by molar-refractivity contribution is -0.122. The normalized spacial score (nSPS) is 15.0. The van der Waals surface area contributed by atoms with Crippen LogP contribution in [-0.4, -0.2) is 51.8 Å². The summed E-state index contributed by atoms with van der Waals surface area (Å²) in [6, 6.07) is 14.6. The summed E-state index contributed by atoms with van der Waals surface area (Å²) < 4.78 is 1.83. The number of likely N-dealkylation sites (tertiary alicyclic amines) is 1. The van der Waals surface area contributed by atoms with Crippen molar-refractivity contribution in [2.24, 2.45) is 0 Å². The molecule has 7 nitrogen and oxygen atoms in total. The number of hydrogen-bond donors (Lipinski definition) is 2.